The smallest absolute Gasteiger partial charge is 0.246 e. The Morgan fingerprint density at radius 2 is 1.96 bits per heavy atom. The van der Waals surface area contributed by atoms with E-state index in [4.69, 9.17) is 4.74 Å². The van der Waals surface area contributed by atoms with Gasteiger partial charge in [-0.3, -0.25) is 4.79 Å². The number of methoxy groups -OCH3 is 1. The number of nitrogens with one attached hydrogen (secondary N) is 1. The normalized spacial score (nSPS) is 11.8. The average Bonchev–Trinajstić information content (AvgIpc) is 2.53. The van der Waals surface area contributed by atoms with E-state index in [0.29, 0.717) is 19.7 Å². The monoisotopic (exact) mass is 340 g/mol. The van der Waals surface area contributed by atoms with Gasteiger partial charge in [0.1, 0.15) is 0 Å². The molecule has 1 amide bonds. The molecule has 1 aromatic carbocycles. The Morgan fingerprint density at radius 1 is 1.30 bits per heavy atom. The molecule has 1 aromatic rings. The number of hydrogen-bond donors (Lipinski definition) is 1. The van der Waals surface area contributed by atoms with Gasteiger partial charge in [0.2, 0.25) is 15.9 Å². The summed E-state index contributed by atoms with van der Waals surface area (Å²) >= 11 is 0. The fourth-order valence-corrected chi connectivity index (χ4v) is 2.92. The molecule has 0 fully saturated rings. The number of carbonyl (C=O) groups is 1. The first kappa shape index (κ1) is 19.3. The third-order valence-corrected chi connectivity index (χ3v) is 4.72. The van der Waals surface area contributed by atoms with Gasteiger partial charge in [-0.05, 0) is 30.2 Å². The summed E-state index contributed by atoms with van der Waals surface area (Å²) in [5.74, 6) is -0.106. The van der Waals surface area contributed by atoms with Crippen LogP contribution in [-0.2, 0) is 19.6 Å². The quantitative estimate of drug-likeness (QED) is 0.546. The second-order valence-electron chi connectivity index (χ2n) is 5.01. The van der Waals surface area contributed by atoms with Crippen LogP contribution in [0.15, 0.2) is 35.2 Å². The third-order valence-electron chi connectivity index (χ3n) is 3.16. The van der Waals surface area contributed by atoms with Crippen molar-refractivity contribution in [1.29, 1.82) is 0 Å². The lowest BCUT2D eigenvalue weighted by Crippen LogP contribution is -2.26. The van der Waals surface area contributed by atoms with Gasteiger partial charge in [-0.25, -0.2) is 13.1 Å². The zero-order chi connectivity index (χ0) is 17.3. The van der Waals surface area contributed by atoms with Crippen molar-refractivity contribution in [2.45, 2.75) is 18.2 Å². The molecule has 0 radical (unpaired) electrons. The van der Waals surface area contributed by atoms with Gasteiger partial charge in [-0.1, -0.05) is 19.1 Å². The molecule has 0 bridgehead atoms. The summed E-state index contributed by atoms with van der Waals surface area (Å²) in [6, 6.07) is 6.37. The summed E-state index contributed by atoms with van der Waals surface area (Å²) in [6.45, 7) is 3.30. The predicted molar refractivity (Wildman–Crippen MR) is 90.5 cm³/mol. The van der Waals surface area contributed by atoms with E-state index in [9.17, 15) is 13.2 Å². The van der Waals surface area contributed by atoms with E-state index in [0.717, 1.165) is 12.0 Å². The molecule has 0 unspecified atom stereocenters. The summed E-state index contributed by atoms with van der Waals surface area (Å²) in [4.78, 5) is 13.7. The van der Waals surface area contributed by atoms with Gasteiger partial charge >= 0.3 is 0 Å². The number of ether oxygens (including phenoxy) is 1. The first-order chi connectivity index (χ1) is 10.9. The predicted octanol–water partition coefficient (Wildman–Crippen LogP) is 1.49. The average molecular weight is 340 g/mol. The summed E-state index contributed by atoms with van der Waals surface area (Å²) in [6.07, 6.45) is 3.92. The van der Waals surface area contributed by atoms with Crippen molar-refractivity contribution in [3.05, 3.63) is 35.9 Å². The van der Waals surface area contributed by atoms with Gasteiger partial charge in [-0.2, -0.15) is 0 Å². The van der Waals surface area contributed by atoms with Crippen LogP contribution in [0.4, 0.5) is 0 Å². The molecule has 0 atom stereocenters. The van der Waals surface area contributed by atoms with Crippen molar-refractivity contribution in [3.63, 3.8) is 0 Å². The molecule has 0 saturated carbocycles. The molecule has 0 spiro atoms. The molecule has 0 aliphatic heterocycles. The second kappa shape index (κ2) is 9.44. The number of hydrogen-bond acceptors (Lipinski definition) is 4. The number of likely N-dealkylation sites (N-methyl/N-ethyl adjacent to an activating group) is 1. The van der Waals surface area contributed by atoms with Crippen LogP contribution in [0.3, 0.4) is 0 Å². The second-order valence-corrected chi connectivity index (χ2v) is 6.78. The number of amides is 1. The van der Waals surface area contributed by atoms with Gasteiger partial charge in [0.25, 0.3) is 0 Å². The lowest BCUT2D eigenvalue weighted by molar-refractivity contribution is -0.124. The minimum Gasteiger partial charge on any atom is -0.385 e. The fraction of sp³-hybridized carbons (Fsp3) is 0.438. The Morgan fingerprint density at radius 3 is 2.52 bits per heavy atom. The highest BCUT2D eigenvalue weighted by Crippen LogP contribution is 2.11. The van der Waals surface area contributed by atoms with Crippen molar-refractivity contribution in [2.75, 3.05) is 33.9 Å². The van der Waals surface area contributed by atoms with E-state index >= 15 is 0 Å². The molecule has 1 rings (SSSR count). The molecule has 1 N–H and O–H groups in total. The summed E-state index contributed by atoms with van der Waals surface area (Å²) in [5.41, 5.74) is 0.763. The molecule has 23 heavy (non-hydrogen) atoms. The van der Waals surface area contributed by atoms with Crippen molar-refractivity contribution >= 4 is 22.0 Å². The lowest BCUT2D eigenvalue weighted by Gasteiger charge is -2.14. The van der Waals surface area contributed by atoms with Gasteiger partial charge < -0.3 is 9.64 Å². The first-order valence-electron chi connectivity index (χ1n) is 7.42. The Bertz CT molecular complexity index is 624. The third kappa shape index (κ3) is 6.52. The van der Waals surface area contributed by atoms with E-state index in [1.54, 1.807) is 44.2 Å². The van der Waals surface area contributed by atoms with E-state index < -0.39 is 10.0 Å². The van der Waals surface area contributed by atoms with Crippen LogP contribution < -0.4 is 4.72 Å². The zero-order valence-electron chi connectivity index (χ0n) is 13.8. The van der Waals surface area contributed by atoms with Crippen LogP contribution in [0.2, 0.25) is 0 Å². The van der Waals surface area contributed by atoms with E-state index in [1.165, 1.54) is 18.2 Å². The maximum Gasteiger partial charge on any atom is 0.246 e. The van der Waals surface area contributed by atoms with Gasteiger partial charge in [0.15, 0.2) is 0 Å². The Kier molecular flexibility index (Phi) is 7.94. The SMILES string of the molecule is CCNS(=O)(=O)c1ccc(/C=C/C(=O)N(C)CCCOC)cc1. The van der Waals surface area contributed by atoms with E-state index in [1.807, 2.05) is 0 Å². The Hall–Kier alpha value is -1.70. The molecule has 0 heterocycles. The van der Waals surface area contributed by atoms with Gasteiger partial charge in [0, 0.05) is 39.9 Å². The van der Waals surface area contributed by atoms with Crippen LogP contribution in [0.25, 0.3) is 6.08 Å². The summed E-state index contributed by atoms with van der Waals surface area (Å²) in [5, 5.41) is 0. The Balaban J connectivity index is 2.65. The Labute approximate surface area is 138 Å². The molecule has 7 heteroatoms. The highest BCUT2D eigenvalue weighted by molar-refractivity contribution is 7.89. The summed E-state index contributed by atoms with van der Waals surface area (Å²) < 4.78 is 31.0. The maximum absolute atomic E-state index is 11.9. The molecule has 0 aliphatic carbocycles. The minimum atomic E-state index is -3.45. The van der Waals surface area contributed by atoms with Crippen molar-refractivity contribution in [2.24, 2.45) is 0 Å². The number of rotatable bonds is 9. The highest BCUT2D eigenvalue weighted by Gasteiger charge is 2.11. The molecule has 0 aliphatic rings. The van der Waals surface area contributed by atoms with Crippen molar-refractivity contribution in [3.8, 4) is 0 Å². The molecule has 0 saturated heterocycles. The van der Waals surface area contributed by atoms with Gasteiger partial charge in [-0.15, -0.1) is 0 Å². The molecular weight excluding hydrogens is 316 g/mol. The van der Waals surface area contributed by atoms with Crippen molar-refractivity contribution < 1.29 is 17.9 Å². The van der Waals surface area contributed by atoms with Crippen LogP contribution in [-0.4, -0.2) is 53.1 Å². The van der Waals surface area contributed by atoms with Crippen LogP contribution in [0.5, 0.6) is 0 Å². The first-order valence-corrected chi connectivity index (χ1v) is 8.91. The van der Waals surface area contributed by atoms with Crippen LogP contribution in [0, 0.1) is 0 Å². The fourth-order valence-electron chi connectivity index (χ4n) is 1.88. The van der Waals surface area contributed by atoms with E-state index in [-0.39, 0.29) is 10.8 Å². The largest absolute Gasteiger partial charge is 0.385 e. The molecule has 0 aromatic heterocycles. The molecular formula is C16H24N2O4S. The van der Waals surface area contributed by atoms with Crippen molar-refractivity contribution in [1.82, 2.24) is 9.62 Å². The highest BCUT2D eigenvalue weighted by atomic mass is 32.2. The summed E-state index contributed by atoms with van der Waals surface area (Å²) in [7, 11) is -0.0886. The van der Waals surface area contributed by atoms with E-state index in [2.05, 4.69) is 4.72 Å². The minimum absolute atomic E-state index is 0.106. The standard InChI is InChI=1S/C16H24N2O4S/c1-4-17-23(20,21)15-9-6-14(7-10-15)8-11-16(19)18(2)12-5-13-22-3/h6-11,17H,4-5,12-13H2,1-3H3/b11-8+. The number of sulfonamides is 1. The lowest BCUT2D eigenvalue weighted by atomic mass is 10.2. The van der Waals surface area contributed by atoms with Gasteiger partial charge in [0.05, 0.1) is 4.90 Å². The van der Waals surface area contributed by atoms with Crippen LogP contribution >= 0.6 is 0 Å². The topological polar surface area (TPSA) is 75.7 Å². The number of benzene rings is 1. The number of nitrogens with zero attached hydrogens (tertiary/aromatic N) is 1. The number of carbonyl (C=O) groups excluding carboxylic acids is 1. The zero-order valence-corrected chi connectivity index (χ0v) is 14.6. The molecule has 128 valence electrons. The van der Waals surface area contributed by atoms with Crippen LogP contribution in [0.1, 0.15) is 18.9 Å². The molecule has 6 nitrogen and oxygen atoms in total. The maximum atomic E-state index is 11.9.